The van der Waals surface area contributed by atoms with Crippen molar-refractivity contribution in [3.05, 3.63) is 18.0 Å². The largest absolute Gasteiger partial charge is 0.267 e. The highest BCUT2D eigenvalue weighted by Crippen LogP contribution is 2.16. The van der Waals surface area contributed by atoms with Crippen molar-refractivity contribution in [2.24, 2.45) is 0 Å². The molecule has 1 aromatic rings. The first-order valence-electron chi connectivity index (χ1n) is 6.16. The number of hydrogen-bond acceptors (Lipinski definition) is 1. The summed E-state index contributed by atoms with van der Waals surface area (Å²) in [5.74, 6) is 0.569. The molecule has 0 amide bonds. The van der Waals surface area contributed by atoms with E-state index in [0.29, 0.717) is 12.0 Å². The lowest BCUT2D eigenvalue weighted by Crippen LogP contribution is -2.08. The molecule has 1 aromatic heterocycles. The Bertz CT molecular complexity index is 202. The molecular weight excluding hydrogens is 184 g/mol. The summed E-state index contributed by atoms with van der Waals surface area (Å²) >= 11 is 0. The van der Waals surface area contributed by atoms with Gasteiger partial charge >= 0.3 is 0 Å². The lowest BCUT2D eigenvalue weighted by Gasteiger charge is -2.12. The summed E-state index contributed by atoms with van der Waals surface area (Å²) in [5, 5.41) is 4.25. The number of rotatable bonds is 2. The minimum atomic E-state index is 0.474. The average molecular weight is 212 g/mol. The Kier molecular flexibility index (Phi) is 10.8. The van der Waals surface area contributed by atoms with Crippen molar-refractivity contribution in [3.8, 4) is 0 Å². The zero-order valence-electron chi connectivity index (χ0n) is 11.7. The molecule has 0 unspecified atom stereocenters. The monoisotopic (exact) mass is 212 g/mol. The Balaban J connectivity index is 0. The highest BCUT2D eigenvalue weighted by Gasteiger charge is 2.07. The zero-order valence-corrected chi connectivity index (χ0v) is 11.7. The van der Waals surface area contributed by atoms with Crippen molar-refractivity contribution in [1.29, 1.82) is 0 Å². The van der Waals surface area contributed by atoms with E-state index in [9.17, 15) is 0 Å². The minimum Gasteiger partial charge on any atom is -0.267 e. The molecule has 0 N–H and O–H groups in total. The van der Waals surface area contributed by atoms with E-state index in [1.807, 2.05) is 33.9 Å². The van der Waals surface area contributed by atoms with Gasteiger partial charge in [-0.05, 0) is 25.8 Å². The predicted octanol–water partition coefficient (Wildman–Crippen LogP) is 4.64. The summed E-state index contributed by atoms with van der Waals surface area (Å²) in [6.45, 7) is 16.7. The maximum absolute atomic E-state index is 4.25. The van der Waals surface area contributed by atoms with E-state index in [2.05, 4.69) is 43.5 Å². The highest BCUT2D eigenvalue weighted by atomic mass is 15.3. The summed E-state index contributed by atoms with van der Waals surface area (Å²) < 4.78 is 2.07. The van der Waals surface area contributed by atoms with E-state index in [4.69, 9.17) is 0 Å². The van der Waals surface area contributed by atoms with Crippen LogP contribution in [0.3, 0.4) is 0 Å². The average Bonchev–Trinajstić information content (AvgIpc) is 2.72. The molecule has 0 spiro atoms. The summed E-state index contributed by atoms with van der Waals surface area (Å²) in [6, 6.07) is 2.56. The quantitative estimate of drug-likeness (QED) is 0.698. The van der Waals surface area contributed by atoms with E-state index in [1.165, 1.54) is 5.69 Å². The summed E-state index contributed by atoms with van der Waals surface area (Å²) in [4.78, 5) is 0. The molecule has 90 valence electrons. The molecule has 0 aliphatic heterocycles. The van der Waals surface area contributed by atoms with Crippen LogP contribution in [0.1, 0.15) is 73.0 Å². The fraction of sp³-hybridized carbons (Fsp3) is 0.769. The lowest BCUT2D eigenvalue weighted by molar-refractivity contribution is 0.498. The van der Waals surface area contributed by atoms with Gasteiger partial charge in [-0.15, -0.1) is 0 Å². The third kappa shape index (κ3) is 5.60. The molecule has 0 aliphatic rings. The van der Waals surface area contributed by atoms with Gasteiger partial charge in [0, 0.05) is 17.9 Å². The third-order valence-corrected chi connectivity index (χ3v) is 1.78. The first kappa shape index (κ1) is 16.6. The Hall–Kier alpha value is -0.790. The molecule has 0 saturated carbocycles. The van der Waals surface area contributed by atoms with E-state index >= 15 is 0 Å². The van der Waals surface area contributed by atoms with Crippen LogP contribution in [0.4, 0.5) is 0 Å². The minimum absolute atomic E-state index is 0.474. The van der Waals surface area contributed by atoms with Gasteiger partial charge in [0.2, 0.25) is 0 Å². The predicted molar refractivity (Wildman–Crippen MR) is 69.4 cm³/mol. The summed E-state index contributed by atoms with van der Waals surface area (Å²) in [6.07, 6.45) is 1.87. The van der Waals surface area contributed by atoms with Gasteiger partial charge in [0.25, 0.3) is 0 Å². The van der Waals surface area contributed by atoms with Crippen LogP contribution in [0.5, 0.6) is 0 Å². The van der Waals surface area contributed by atoms with Crippen LogP contribution in [-0.4, -0.2) is 9.78 Å². The summed E-state index contributed by atoms with van der Waals surface area (Å²) in [7, 11) is 0. The van der Waals surface area contributed by atoms with Crippen molar-refractivity contribution >= 4 is 0 Å². The van der Waals surface area contributed by atoms with Gasteiger partial charge in [-0.25, -0.2) is 0 Å². The van der Waals surface area contributed by atoms with Crippen LogP contribution >= 0.6 is 0 Å². The van der Waals surface area contributed by atoms with Crippen LogP contribution in [0, 0.1) is 0 Å². The normalized spacial score (nSPS) is 9.20. The maximum Gasteiger partial charge on any atom is 0.0492 e. The first-order chi connectivity index (χ1) is 7.13. The molecule has 0 atom stereocenters. The fourth-order valence-electron chi connectivity index (χ4n) is 1.21. The molecule has 0 aromatic carbocycles. The van der Waals surface area contributed by atoms with E-state index in [1.54, 1.807) is 0 Å². The van der Waals surface area contributed by atoms with E-state index in [-0.39, 0.29) is 0 Å². The topological polar surface area (TPSA) is 17.8 Å². The van der Waals surface area contributed by atoms with Gasteiger partial charge in [0.1, 0.15) is 0 Å². The number of aromatic nitrogens is 2. The molecule has 1 heterocycles. The maximum atomic E-state index is 4.25. The van der Waals surface area contributed by atoms with Gasteiger partial charge in [-0.1, -0.05) is 41.5 Å². The van der Waals surface area contributed by atoms with Gasteiger partial charge in [0.15, 0.2) is 0 Å². The fourth-order valence-corrected chi connectivity index (χ4v) is 1.21. The first-order valence-corrected chi connectivity index (χ1v) is 6.16. The zero-order chi connectivity index (χ0) is 12.4. The number of nitrogens with zero attached hydrogens (tertiary/aromatic N) is 2. The molecular formula is C13H28N2. The van der Waals surface area contributed by atoms with Gasteiger partial charge in [-0.3, -0.25) is 4.68 Å². The van der Waals surface area contributed by atoms with E-state index < -0.39 is 0 Å². The van der Waals surface area contributed by atoms with Crippen LogP contribution < -0.4 is 0 Å². The molecule has 0 fully saturated rings. The second-order valence-electron chi connectivity index (χ2n) is 3.45. The van der Waals surface area contributed by atoms with E-state index in [0.717, 1.165) is 0 Å². The smallest absolute Gasteiger partial charge is 0.0492 e. The van der Waals surface area contributed by atoms with Crippen molar-refractivity contribution < 1.29 is 0 Å². The molecule has 0 saturated heterocycles. The molecule has 0 bridgehead atoms. The molecule has 1 rings (SSSR count). The van der Waals surface area contributed by atoms with Crippen molar-refractivity contribution in [2.75, 3.05) is 0 Å². The van der Waals surface area contributed by atoms with Crippen LogP contribution in [0.25, 0.3) is 0 Å². The van der Waals surface area contributed by atoms with Gasteiger partial charge < -0.3 is 0 Å². The highest BCUT2D eigenvalue weighted by molar-refractivity contribution is 5.06. The van der Waals surface area contributed by atoms with Crippen LogP contribution in [0.15, 0.2) is 12.3 Å². The molecule has 2 heteroatoms. The van der Waals surface area contributed by atoms with Crippen molar-refractivity contribution in [3.63, 3.8) is 0 Å². The van der Waals surface area contributed by atoms with Gasteiger partial charge in [-0.2, -0.15) is 5.10 Å². The van der Waals surface area contributed by atoms with Crippen LogP contribution in [0.2, 0.25) is 0 Å². The van der Waals surface area contributed by atoms with Crippen LogP contribution in [-0.2, 0) is 0 Å². The molecule has 0 aliphatic carbocycles. The second-order valence-corrected chi connectivity index (χ2v) is 3.45. The second kappa shape index (κ2) is 9.75. The Labute approximate surface area is 95.7 Å². The Morgan fingerprint density at radius 2 is 1.47 bits per heavy atom. The third-order valence-electron chi connectivity index (χ3n) is 1.78. The SMILES string of the molecule is CC.CC.CC(C)c1ccnn1C(C)C. The number of hydrogen-bond donors (Lipinski definition) is 0. The molecule has 15 heavy (non-hydrogen) atoms. The Morgan fingerprint density at radius 1 is 1.00 bits per heavy atom. The summed E-state index contributed by atoms with van der Waals surface area (Å²) in [5.41, 5.74) is 1.32. The standard InChI is InChI=1S/C9H16N2.2C2H6/c1-7(2)9-5-6-10-11(9)8(3)4;2*1-2/h5-8H,1-4H3;2*1-2H3. The molecule has 0 radical (unpaired) electrons. The molecule has 2 nitrogen and oxygen atoms in total. The lowest BCUT2D eigenvalue weighted by atomic mass is 10.1. The Morgan fingerprint density at radius 3 is 1.73 bits per heavy atom. The van der Waals surface area contributed by atoms with Crippen molar-refractivity contribution in [1.82, 2.24) is 9.78 Å². The van der Waals surface area contributed by atoms with Gasteiger partial charge in [0.05, 0.1) is 0 Å². The van der Waals surface area contributed by atoms with Crippen molar-refractivity contribution in [2.45, 2.75) is 67.3 Å².